The normalized spacial score (nSPS) is 21.6. The summed E-state index contributed by atoms with van der Waals surface area (Å²) in [6, 6.07) is 22.5. The molecule has 3 fully saturated rings. The first kappa shape index (κ1) is 30.9. The monoisotopic (exact) mass is 626 g/mol. The van der Waals surface area contributed by atoms with Crippen LogP contribution in [-0.4, -0.2) is 63.5 Å². The quantitative estimate of drug-likeness (QED) is 0.308. The summed E-state index contributed by atoms with van der Waals surface area (Å²) in [5, 5.41) is 3.14. The van der Waals surface area contributed by atoms with Crippen molar-refractivity contribution >= 4 is 12.0 Å². The average molecular weight is 627 g/mol. The zero-order valence-corrected chi connectivity index (χ0v) is 26.3. The second-order valence-electron chi connectivity index (χ2n) is 12.6. The summed E-state index contributed by atoms with van der Waals surface area (Å²) in [6.07, 6.45) is 2.87. The first-order valence-corrected chi connectivity index (χ1v) is 16.5. The highest BCUT2D eigenvalue weighted by Crippen LogP contribution is 2.46. The van der Waals surface area contributed by atoms with Gasteiger partial charge in [0, 0.05) is 30.6 Å². The zero-order chi connectivity index (χ0) is 31.5. The van der Waals surface area contributed by atoms with Gasteiger partial charge in [-0.2, -0.15) is 0 Å². The van der Waals surface area contributed by atoms with Gasteiger partial charge in [0.25, 0.3) is 0 Å². The molecule has 0 unspecified atom stereocenters. The Bertz CT molecular complexity index is 1490. The maximum absolute atomic E-state index is 13.2. The summed E-state index contributed by atoms with van der Waals surface area (Å²) in [5.41, 5.74) is 7.53. The third kappa shape index (κ3) is 6.42. The van der Waals surface area contributed by atoms with E-state index in [0.29, 0.717) is 46.0 Å². The van der Waals surface area contributed by atoms with E-state index in [1.54, 1.807) is 4.90 Å². The molecular weight excluding hydrogens is 584 g/mol. The van der Waals surface area contributed by atoms with Gasteiger partial charge in [-0.25, -0.2) is 4.79 Å². The van der Waals surface area contributed by atoms with E-state index in [2.05, 4.69) is 41.7 Å². The van der Waals surface area contributed by atoms with Crippen LogP contribution in [0.25, 0.3) is 11.1 Å². The summed E-state index contributed by atoms with van der Waals surface area (Å²) < 4.78 is 28.9. The van der Waals surface area contributed by atoms with E-state index in [1.165, 1.54) is 11.1 Å². The molecule has 7 rings (SSSR count). The third-order valence-electron chi connectivity index (χ3n) is 9.75. The van der Waals surface area contributed by atoms with Crippen LogP contribution in [-0.2, 0) is 34.9 Å². The predicted molar refractivity (Wildman–Crippen MR) is 171 cm³/mol. The molecule has 2 aliphatic carbocycles. The second kappa shape index (κ2) is 13.9. The second-order valence-corrected chi connectivity index (χ2v) is 12.6. The van der Waals surface area contributed by atoms with Gasteiger partial charge in [-0.15, -0.1) is 0 Å². The zero-order valence-electron chi connectivity index (χ0n) is 26.3. The highest BCUT2D eigenvalue weighted by Gasteiger charge is 2.35. The maximum Gasteiger partial charge on any atom is 0.410 e. The van der Waals surface area contributed by atoms with Gasteiger partial charge in [0.2, 0.25) is 5.91 Å². The molecule has 1 N–H and O–H groups in total. The number of hydrogen-bond acceptors (Lipinski definition) is 7. The molecule has 2 aliphatic heterocycles. The lowest BCUT2D eigenvalue weighted by molar-refractivity contribution is -0.126. The fourth-order valence-corrected chi connectivity index (χ4v) is 7.28. The summed E-state index contributed by atoms with van der Waals surface area (Å²) in [6.45, 7) is 3.18. The number of nitrogens with one attached hydrogen (secondary N) is 1. The van der Waals surface area contributed by atoms with Gasteiger partial charge in [-0.05, 0) is 65.8 Å². The van der Waals surface area contributed by atoms with Gasteiger partial charge in [0.1, 0.15) is 0 Å². The van der Waals surface area contributed by atoms with Gasteiger partial charge in [-0.3, -0.25) is 4.79 Å². The van der Waals surface area contributed by atoms with Crippen LogP contribution >= 0.6 is 0 Å². The third-order valence-corrected chi connectivity index (χ3v) is 9.75. The van der Waals surface area contributed by atoms with Crippen LogP contribution in [0.15, 0.2) is 66.7 Å². The number of rotatable bonds is 9. The molecular formula is C37H42N2O7. The molecule has 46 heavy (non-hydrogen) atoms. The molecule has 2 amide bonds. The molecule has 2 saturated heterocycles. The molecule has 9 nitrogen and oxygen atoms in total. The minimum atomic E-state index is -0.427. The van der Waals surface area contributed by atoms with Crippen LogP contribution in [0.2, 0.25) is 0 Å². The van der Waals surface area contributed by atoms with Crippen molar-refractivity contribution in [2.45, 2.75) is 50.7 Å². The molecule has 0 radical (unpaired) electrons. The molecule has 0 bridgehead atoms. The molecule has 0 atom stereocenters. The molecule has 3 aromatic carbocycles. The Kier molecular flexibility index (Phi) is 9.35. The van der Waals surface area contributed by atoms with E-state index in [1.807, 2.05) is 37.4 Å². The summed E-state index contributed by atoms with van der Waals surface area (Å²) in [7, 11) is 1.82. The molecule has 0 spiro atoms. The van der Waals surface area contributed by atoms with Crippen molar-refractivity contribution in [2.24, 2.45) is 11.8 Å². The minimum absolute atomic E-state index is 0.0176. The van der Waals surface area contributed by atoms with Crippen LogP contribution < -0.4 is 5.32 Å². The standard InChI is InChI=1S/C37H42N2O7/c1-39(33-29-8-4-2-6-27(29)28-7-3-5-9-30(28)33)37(41)46-23-25-10-13-26(14-11-25)34(40)38-17-16-24-12-15-31(35-42-18-19-43-35)32(22-24)36-44-20-21-45-36/h2-9,12,15,22,25-26,33,35-36H,10-11,13-14,16-21,23H2,1H3,(H,38,40)/t25-,26-. The number of carbonyl (C=O) groups excluding carboxylic acids is 2. The van der Waals surface area contributed by atoms with Crippen LogP contribution in [0.4, 0.5) is 4.79 Å². The van der Waals surface area contributed by atoms with Crippen LogP contribution in [0, 0.1) is 11.8 Å². The Labute approximate surface area is 270 Å². The Morgan fingerprint density at radius 2 is 1.35 bits per heavy atom. The molecule has 4 aliphatic rings. The summed E-state index contributed by atoms with van der Waals surface area (Å²) in [4.78, 5) is 27.9. The Balaban J connectivity index is 0.866. The SMILES string of the molecule is CN(C(=O)OC[C@H]1CC[C@H](C(=O)NCCc2ccc(C3OCCO3)c(C3OCCO3)c2)CC1)C1c2ccccc2-c2ccccc21. The molecule has 0 aromatic heterocycles. The lowest BCUT2D eigenvalue weighted by Crippen LogP contribution is -2.36. The fourth-order valence-electron chi connectivity index (χ4n) is 7.28. The molecule has 3 aromatic rings. The van der Waals surface area contributed by atoms with Crippen molar-refractivity contribution in [1.29, 1.82) is 0 Å². The van der Waals surface area contributed by atoms with E-state index in [-0.39, 0.29) is 29.9 Å². The Morgan fingerprint density at radius 1 is 0.761 bits per heavy atom. The molecule has 9 heteroatoms. The van der Waals surface area contributed by atoms with Gasteiger partial charge in [0.05, 0.1) is 39.1 Å². The number of ether oxygens (including phenoxy) is 5. The largest absolute Gasteiger partial charge is 0.449 e. The number of carbonyl (C=O) groups is 2. The van der Waals surface area contributed by atoms with Crippen LogP contribution in [0.5, 0.6) is 0 Å². The van der Waals surface area contributed by atoms with E-state index in [9.17, 15) is 9.59 Å². The Morgan fingerprint density at radius 3 is 1.98 bits per heavy atom. The van der Waals surface area contributed by atoms with Gasteiger partial charge in [0.15, 0.2) is 12.6 Å². The number of benzene rings is 3. The molecule has 1 saturated carbocycles. The molecule has 2 heterocycles. The van der Waals surface area contributed by atoms with Crippen molar-refractivity contribution in [3.05, 3.63) is 94.5 Å². The van der Waals surface area contributed by atoms with E-state index >= 15 is 0 Å². The van der Waals surface area contributed by atoms with Crippen molar-refractivity contribution in [3.63, 3.8) is 0 Å². The van der Waals surface area contributed by atoms with Crippen LogP contribution in [0.3, 0.4) is 0 Å². The smallest absolute Gasteiger partial charge is 0.410 e. The van der Waals surface area contributed by atoms with Crippen LogP contribution in [0.1, 0.15) is 72.1 Å². The highest BCUT2D eigenvalue weighted by atomic mass is 16.7. The van der Waals surface area contributed by atoms with Gasteiger partial charge < -0.3 is 33.9 Å². The van der Waals surface area contributed by atoms with E-state index in [0.717, 1.165) is 53.5 Å². The summed E-state index contributed by atoms with van der Waals surface area (Å²) in [5.74, 6) is 0.339. The van der Waals surface area contributed by atoms with Crippen molar-refractivity contribution < 1.29 is 33.3 Å². The number of amides is 2. The van der Waals surface area contributed by atoms with Gasteiger partial charge in [-0.1, -0.05) is 66.7 Å². The van der Waals surface area contributed by atoms with Crippen molar-refractivity contribution in [2.75, 3.05) is 46.6 Å². The average Bonchev–Trinajstić information content (AvgIpc) is 3.88. The van der Waals surface area contributed by atoms with E-state index < -0.39 is 12.6 Å². The topological polar surface area (TPSA) is 95.6 Å². The number of hydrogen-bond donors (Lipinski definition) is 1. The Hall–Kier alpha value is -3.76. The highest BCUT2D eigenvalue weighted by molar-refractivity contribution is 5.81. The summed E-state index contributed by atoms with van der Waals surface area (Å²) >= 11 is 0. The lowest BCUT2D eigenvalue weighted by atomic mass is 9.82. The van der Waals surface area contributed by atoms with E-state index in [4.69, 9.17) is 23.7 Å². The predicted octanol–water partition coefficient (Wildman–Crippen LogP) is 6.08. The molecule has 242 valence electrons. The van der Waals surface area contributed by atoms with Crippen molar-refractivity contribution in [1.82, 2.24) is 10.2 Å². The van der Waals surface area contributed by atoms with Gasteiger partial charge >= 0.3 is 6.09 Å². The number of nitrogens with zero attached hydrogens (tertiary/aromatic N) is 1. The first-order chi connectivity index (χ1) is 22.6. The maximum atomic E-state index is 13.2. The fraction of sp³-hybridized carbons (Fsp3) is 0.459. The number of fused-ring (bicyclic) bond motifs is 3. The minimum Gasteiger partial charge on any atom is -0.449 e. The lowest BCUT2D eigenvalue weighted by Gasteiger charge is -2.29. The first-order valence-electron chi connectivity index (χ1n) is 16.5. The van der Waals surface area contributed by atoms with Crippen molar-refractivity contribution in [3.8, 4) is 11.1 Å².